The maximum absolute atomic E-state index is 10.3. The summed E-state index contributed by atoms with van der Waals surface area (Å²) < 4.78 is 4.86. The lowest BCUT2D eigenvalue weighted by atomic mass is 10.2. The van der Waals surface area contributed by atoms with Gasteiger partial charge in [-0.1, -0.05) is 0 Å². The molecule has 0 bridgehead atoms. The molecule has 0 amide bonds. The van der Waals surface area contributed by atoms with Crippen LogP contribution in [-0.2, 0) is 4.74 Å². The van der Waals surface area contributed by atoms with Gasteiger partial charge >= 0.3 is 0 Å². The Morgan fingerprint density at radius 2 is 1.88 bits per heavy atom. The molecule has 0 heterocycles. The monoisotopic (exact) mass is 132 g/mol. The van der Waals surface area contributed by atoms with Crippen LogP contribution in [0.2, 0.25) is 0 Å². The fraction of sp³-hybridized carbons (Fsp3) is 0.800. The average molecular weight is 132 g/mol. The van der Waals surface area contributed by atoms with E-state index in [0.29, 0.717) is 10.2 Å². The number of carbonyl (C=O) groups excluding carboxylic acids is 1. The summed E-state index contributed by atoms with van der Waals surface area (Å²) in [5, 5.41) is 0. The van der Waals surface area contributed by atoms with E-state index in [2.05, 4.69) is 0 Å². The summed E-state index contributed by atoms with van der Waals surface area (Å²) in [4.78, 5) is 10.3. The van der Waals surface area contributed by atoms with Gasteiger partial charge in [-0.15, -0.1) is 0 Å². The molecule has 2 nitrogen and oxygen atoms in total. The first-order chi connectivity index (χ1) is 3.42. The Bertz CT molecular complexity index is 93.1. The minimum Gasteiger partial charge on any atom is -0.465 e. The summed E-state index contributed by atoms with van der Waals surface area (Å²) in [6.45, 7) is 5.59. The summed E-state index contributed by atoms with van der Waals surface area (Å²) in [7, 11) is 0.489. The van der Waals surface area contributed by atoms with Crippen LogP contribution in [0.5, 0.6) is 0 Å². The molecule has 0 rings (SSSR count). The second-order valence-electron chi connectivity index (χ2n) is 2.71. The first-order valence-corrected chi connectivity index (χ1v) is 3.61. The lowest BCUT2D eigenvalue weighted by Crippen LogP contribution is -2.22. The van der Waals surface area contributed by atoms with Crippen molar-refractivity contribution >= 4 is 15.8 Å². The maximum atomic E-state index is 10.3. The lowest BCUT2D eigenvalue weighted by molar-refractivity contribution is 0.0724. The van der Waals surface area contributed by atoms with E-state index in [-0.39, 0.29) is 11.2 Å². The van der Waals surface area contributed by atoms with E-state index < -0.39 is 0 Å². The minimum atomic E-state index is -0.293. The number of hydrogen-bond acceptors (Lipinski definition) is 2. The van der Waals surface area contributed by atoms with Crippen LogP contribution in [-0.4, -0.2) is 21.4 Å². The molecular formula is C5H12O2Si. The summed E-state index contributed by atoms with van der Waals surface area (Å²) in [6, 6.07) is 0. The van der Waals surface area contributed by atoms with Gasteiger partial charge in [-0.05, 0) is 20.8 Å². The first kappa shape index (κ1) is 7.69. The molecule has 48 valence electrons. The first-order valence-electron chi connectivity index (χ1n) is 2.61. The van der Waals surface area contributed by atoms with Crippen molar-refractivity contribution in [1.82, 2.24) is 0 Å². The van der Waals surface area contributed by atoms with Gasteiger partial charge < -0.3 is 4.74 Å². The van der Waals surface area contributed by atoms with Crippen LogP contribution < -0.4 is 0 Å². The molecule has 0 aromatic heterocycles. The topological polar surface area (TPSA) is 26.3 Å². The third-order valence-corrected chi connectivity index (χ3v) is 0.654. The van der Waals surface area contributed by atoms with Crippen LogP contribution in [0.15, 0.2) is 0 Å². The number of carbonyl (C=O) groups is 1. The maximum Gasteiger partial charge on any atom is 0.260 e. The van der Waals surface area contributed by atoms with E-state index in [1.807, 2.05) is 20.8 Å². The number of ether oxygens (including phenoxy) is 1. The molecule has 0 saturated heterocycles. The number of hydrogen-bond donors (Lipinski definition) is 0. The molecular weight excluding hydrogens is 120 g/mol. The van der Waals surface area contributed by atoms with E-state index >= 15 is 0 Å². The van der Waals surface area contributed by atoms with Crippen LogP contribution in [0.25, 0.3) is 0 Å². The molecule has 0 N–H and O–H groups in total. The molecule has 0 aromatic carbocycles. The van der Waals surface area contributed by atoms with Gasteiger partial charge in [0.1, 0.15) is 15.8 Å². The Labute approximate surface area is 52.6 Å². The summed E-state index contributed by atoms with van der Waals surface area (Å²) >= 11 is 0. The fourth-order valence-corrected chi connectivity index (χ4v) is 1.04. The molecule has 0 aliphatic heterocycles. The molecule has 0 radical (unpaired) electrons. The fourth-order valence-electron chi connectivity index (χ4n) is 0.431. The Kier molecular flexibility index (Phi) is 2.21. The molecule has 0 unspecified atom stereocenters. The summed E-state index contributed by atoms with van der Waals surface area (Å²) in [6.07, 6.45) is 0. The SMILES string of the molecule is CC(C)(C)OC(=O)[SiH3]. The quantitative estimate of drug-likeness (QED) is 0.443. The summed E-state index contributed by atoms with van der Waals surface area (Å²) in [5.41, 5.74) is -0.378. The van der Waals surface area contributed by atoms with Crippen LogP contribution in [0.1, 0.15) is 20.8 Å². The third-order valence-electron chi connectivity index (χ3n) is 0.450. The third kappa shape index (κ3) is 5.69. The molecule has 0 aliphatic carbocycles. The minimum absolute atomic E-state index is 0.0856. The molecule has 0 fully saturated rings. The molecule has 3 heteroatoms. The highest BCUT2D eigenvalue weighted by atomic mass is 28.1. The van der Waals surface area contributed by atoms with E-state index in [1.165, 1.54) is 0 Å². The van der Waals surface area contributed by atoms with Gasteiger partial charge in [0.15, 0.2) is 0 Å². The zero-order valence-electron chi connectivity index (χ0n) is 5.82. The predicted molar refractivity (Wildman–Crippen MR) is 36.2 cm³/mol. The van der Waals surface area contributed by atoms with Crippen molar-refractivity contribution in [3.05, 3.63) is 0 Å². The van der Waals surface area contributed by atoms with Crippen LogP contribution in [0.4, 0.5) is 4.79 Å². The Balaban J connectivity index is 3.55. The molecule has 0 aliphatic rings. The van der Waals surface area contributed by atoms with Crippen molar-refractivity contribution in [2.75, 3.05) is 0 Å². The molecule has 0 saturated carbocycles. The van der Waals surface area contributed by atoms with Crippen molar-refractivity contribution in [2.24, 2.45) is 0 Å². The van der Waals surface area contributed by atoms with E-state index in [0.717, 1.165) is 0 Å². The van der Waals surface area contributed by atoms with Crippen LogP contribution in [0.3, 0.4) is 0 Å². The Morgan fingerprint density at radius 1 is 1.50 bits per heavy atom. The van der Waals surface area contributed by atoms with Crippen molar-refractivity contribution in [3.8, 4) is 0 Å². The lowest BCUT2D eigenvalue weighted by Gasteiger charge is -2.17. The van der Waals surface area contributed by atoms with Gasteiger partial charge in [-0.3, -0.25) is 4.79 Å². The second-order valence-corrected chi connectivity index (χ2v) is 3.52. The molecule has 0 aromatic rings. The predicted octanol–water partition coefficient (Wildman–Crippen LogP) is 0.287. The standard InChI is InChI=1S/C5H12O2Si/c1-5(2,3)7-4(6)8/h1-3,8H3. The zero-order chi connectivity index (χ0) is 6.78. The highest BCUT2D eigenvalue weighted by molar-refractivity contribution is 6.55. The average Bonchev–Trinajstić information content (AvgIpc) is 1.21. The van der Waals surface area contributed by atoms with E-state index in [9.17, 15) is 4.79 Å². The Morgan fingerprint density at radius 3 is 1.88 bits per heavy atom. The normalized spacial score (nSPS) is 11.4. The molecule has 0 spiro atoms. The zero-order valence-corrected chi connectivity index (χ0v) is 7.82. The smallest absolute Gasteiger partial charge is 0.260 e. The Hall–Kier alpha value is -0.313. The second kappa shape index (κ2) is 2.30. The van der Waals surface area contributed by atoms with Crippen molar-refractivity contribution in [1.29, 1.82) is 0 Å². The van der Waals surface area contributed by atoms with Gasteiger partial charge in [0.05, 0.1) is 0 Å². The van der Waals surface area contributed by atoms with Gasteiger partial charge in [0.2, 0.25) is 0 Å². The van der Waals surface area contributed by atoms with E-state index in [4.69, 9.17) is 4.74 Å². The largest absolute Gasteiger partial charge is 0.465 e. The van der Waals surface area contributed by atoms with Gasteiger partial charge in [0, 0.05) is 0 Å². The van der Waals surface area contributed by atoms with Crippen LogP contribution >= 0.6 is 0 Å². The van der Waals surface area contributed by atoms with Crippen molar-refractivity contribution in [2.45, 2.75) is 26.4 Å². The van der Waals surface area contributed by atoms with Gasteiger partial charge in [-0.25, -0.2) is 0 Å². The highest BCUT2D eigenvalue weighted by Gasteiger charge is 2.11. The number of rotatable bonds is 0. The van der Waals surface area contributed by atoms with Gasteiger partial charge in [-0.2, -0.15) is 0 Å². The molecule has 8 heavy (non-hydrogen) atoms. The molecule has 0 atom stereocenters. The van der Waals surface area contributed by atoms with Gasteiger partial charge in [0.25, 0.3) is 5.59 Å². The summed E-state index contributed by atoms with van der Waals surface area (Å²) in [5.74, 6) is 0. The van der Waals surface area contributed by atoms with Crippen molar-refractivity contribution in [3.63, 3.8) is 0 Å². The van der Waals surface area contributed by atoms with E-state index in [1.54, 1.807) is 0 Å². The van der Waals surface area contributed by atoms with Crippen LogP contribution in [0, 0.1) is 0 Å². The van der Waals surface area contributed by atoms with Crippen molar-refractivity contribution < 1.29 is 9.53 Å². The highest BCUT2D eigenvalue weighted by Crippen LogP contribution is 2.05.